The van der Waals surface area contributed by atoms with Crippen LogP contribution in [0.3, 0.4) is 0 Å². The number of carbonyl (C=O) groups is 2. The summed E-state index contributed by atoms with van der Waals surface area (Å²) in [6.07, 6.45) is 4.19. The van der Waals surface area contributed by atoms with Gasteiger partial charge in [0.1, 0.15) is 6.54 Å². The van der Waals surface area contributed by atoms with Crippen molar-refractivity contribution in [1.82, 2.24) is 10.2 Å². The molecule has 0 radical (unpaired) electrons. The quantitative estimate of drug-likeness (QED) is 0.867. The first-order valence-corrected chi connectivity index (χ1v) is 8.38. The highest BCUT2D eigenvalue weighted by molar-refractivity contribution is 5.81. The lowest BCUT2D eigenvalue weighted by Gasteiger charge is -2.30. The largest absolute Gasteiger partial charge is 0.465 e. The topological polar surface area (TPSA) is 58.6 Å². The number of amides is 2. The van der Waals surface area contributed by atoms with E-state index in [0.29, 0.717) is 13.2 Å². The van der Waals surface area contributed by atoms with Crippen LogP contribution < -0.4 is 5.32 Å². The Morgan fingerprint density at radius 1 is 1.30 bits per heavy atom. The van der Waals surface area contributed by atoms with Crippen LogP contribution >= 0.6 is 0 Å². The van der Waals surface area contributed by atoms with Crippen molar-refractivity contribution < 1.29 is 14.3 Å². The maximum atomic E-state index is 12.5. The highest BCUT2D eigenvalue weighted by Crippen LogP contribution is 2.30. The number of aryl methyl sites for hydroxylation is 1. The second kappa shape index (κ2) is 8.56. The van der Waals surface area contributed by atoms with Crippen LogP contribution in [0.1, 0.15) is 49.8 Å². The molecule has 2 amide bonds. The maximum Gasteiger partial charge on any atom is 0.325 e. The fourth-order valence-corrected chi connectivity index (χ4v) is 3.04. The van der Waals surface area contributed by atoms with E-state index >= 15 is 0 Å². The summed E-state index contributed by atoms with van der Waals surface area (Å²) in [6, 6.07) is 8.19. The third-order valence-corrected chi connectivity index (χ3v) is 4.13. The van der Waals surface area contributed by atoms with Gasteiger partial charge in [-0.05, 0) is 32.3 Å². The fourth-order valence-electron chi connectivity index (χ4n) is 3.04. The maximum absolute atomic E-state index is 12.5. The Morgan fingerprint density at radius 3 is 2.87 bits per heavy atom. The number of rotatable bonds is 4. The van der Waals surface area contributed by atoms with Gasteiger partial charge in [-0.3, -0.25) is 4.79 Å². The SMILES string of the molecule is CCOC(=O)CNC(=O)N1CCCCCC1c1cccc(C)c1. The van der Waals surface area contributed by atoms with Gasteiger partial charge in [0.25, 0.3) is 0 Å². The Hall–Kier alpha value is -2.04. The van der Waals surface area contributed by atoms with Crippen molar-refractivity contribution in [2.24, 2.45) is 0 Å². The predicted octanol–water partition coefficient (Wildman–Crippen LogP) is 3.18. The number of nitrogens with one attached hydrogen (secondary N) is 1. The van der Waals surface area contributed by atoms with Crippen molar-refractivity contribution in [2.45, 2.75) is 45.6 Å². The molecule has 1 heterocycles. The number of hydrogen-bond acceptors (Lipinski definition) is 3. The van der Waals surface area contributed by atoms with Gasteiger partial charge in [0.2, 0.25) is 0 Å². The van der Waals surface area contributed by atoms with Gasteiger partial charge in [-0.2, -0.15) is 0 Å². The average molecular weight is 318 g/mol. The van der Waals surface area contributed by atoms with Crippen molar-refractivity contribution in [1.29, 1.82) is 0 Å². The Balaban J connectivity index is 2.08. The molecule has 0 bridgehead atoms. The average Bonchev–Trinajstić information content (AvgIpc) is 2.79. The number of hydrogen-bond donors (Lipinski definition) is 1. The molecule has 126 valence electrons. The van der Waals surface area contributed by atoms with E-state index < -0.39 is 5.97 Å². The van der Waals surface area contributed by atoms with E-state index in [0.717, 1.165) is 31.2 Å². The monoisotopic (exact) mass is 318 g/mol. The second-order valence-corrected chi connectivity index (χ2v) is 5.94. The van der Waals surface area contributed by atoms with Crippen LogP contribution in [0.5, 0.6) is 0 Å². The molecule has 1 fully saturated rings. The Morgan fingerprint density at radius 2 is 2.13 bits per heavy atom. The van der Waals surface area contributed by atoms with E-state index in [9.17, 15) is 9.59 Å². The van der Waals surface area contributed by atoms with Gasteiger partial charge < -0.3 is 15.0 Å². The van der Waals surface area contributed by atoms with E-state index in [2.05, 4.69) is 30.4 Å². The number of nitrogens with zero attached hydrogens (tertiary/aromatic N) is 1. The smallest absolute Gasteiger partial charge is 0.325 e. The molecule has 1 aromatic carbocycles. The molecular weight excluding hydrogens is 292 g/mol. The lowest BCUT2D eigenvalue weighted by Crippen LogP contribution is -2.44. The molecule has 0 aliphatic carbocycles. The predicted molar refractivity (Wildman–Crippen MR) is 89.1 cm³/mol. The van der Waals surface area contributed by atoms with Gasteiger partial charge in [-0.1, -0.05) is 42.7 Å². The number of esters is 1. The molecule has 1 aromatic rings. The Labute approximate surface area is 138 Å². The zero-order valence-electron chi connectivity index (χ0n) is 14.0. The molecule has 23 heavy (non-hydrogen) atoms. The standard InChI is InChI=1S/C18H26N2O3/c1-3-23-17(21)13-19-18(22)20-11-6-4-5-10-16(20)15-9-7-8-14(2)12-15/h7-9,12,16H,3-6,10-11,13H2,1-2H3,(H,19,22). The number of carbonyl (C=O) groups excluding carboxylic acids is 2. The minimum atomic E-state index is -0.400. The molecular formula is C18H26N2O3. The zero-order valence-corrected chi connectivity index (χ0v) is 14.0. The Kier molecular flexibility index (Phi) is 6.44. The summed E-state index contributed by atoms with van der Waals surface area (Å²) in [5.74, 6) is -0.400. The van der Waals surface area contributed by atoms with Crippen LogP contribution in [0.25, 0.3) is 0 Å². The number of benzene rings is 1. The number of ether oxygens (including phenoxy) is 1. The summed E-state index contributed by atoms with van der Waals surface area (Å²) >= 11 is 0. The second-order valence-electron chi connectivity index (χ2n) is 5.94. The molecule has 0 spiro atoms. The molecule has 1 saturated heterocycles. The summed E-state index contributed by atoms with van der Waals surface area (Å²) < 4.78 is 4.86. The molecule has 0 aromatic heterocycles. The van der Waals surface area contributed by atoms with Crippen LogP contribution in [0.15, 0.2) is 24.3 Å². The van der Waals surface area contributed by atoms with Gasteiger partial charge in [0, 0.05) is 6.54 Å². The third kappa shape index (κ3) is 4.98. The number of urea groups is 1. The van der Waals surface area contributed by atoms with Gasteiger partial charge >= 0.3 is 12.0 Å². The molecule has 1 N–H and O–H groups in total. The Bertz CT molecular complexity index is 545. The lowest BCUT2D eigenvalue weighted by atomic mass is 9.99. The minimum Gasteiger partial charge on any atom is -0.465 e. The summed E-state index contributed by atoms with van der Waals surface area (Å²) in [7, 11) is 0. The van der Waals surface area contributed by atoms with Gasteiger partial charge in [-0.25, -0.2) is 4.79 Å². The zero-order chi connectivity index (χ0) is 16.7. The molecule has 5 nitrogen and oxygen atoms in total. The molecule has 1 atom stereocenters. The van der Waals surface area contributed by atoms with E-state index in [1.54, 1.807) is 6.92 Å². The van der Waals surface area contributed by atoms with Crippen LogP contribution in [0, 0.1) is 6.92 Å². The molecule has 2 rings (SSSR count). The van der Waals surface area contributed by atoms with Gasteiger partial charge in [0.05, 0.1) is 12.6 Å². The first kappa shape index (κ1) is 17.3. The highest BCUT2D eigenvalue weighted by atomic mass is 16.5. The third-order valence-electron chi connectivity index (χ3n) is 4.13. The van der Waals surface area contributed by atoms with Crippen molar-refractivity contribution in [3.63, 3.8) is 0 Å². The van der Waals surface area contributed by atoms with Crippen LogP contribution in [0.4, 0.5) is 4.79 Å². The van der Waals surface area contributed by atoms with E-state index in [-0.39, 0.29) is 18.6 Å². The van der Waals surface area contributed by atoms with E-state index in [1.807, 2.05) is 11.0 Å². The van der Waals surface area contributed by atoms with E-state index in [4.69, 9.17) is 4.74 Å². The highest BCUT2D eigenvalue weighted by Gasteiger charge is 2.27. The molecule has 1 unspecified atom stereocenters. The fraction of sp³-hybridized carbons (Fsp3) is 0.556. The van der Waals surface area contributed by atoms with E-state index in [1.165, 1.54) is 5.56 Å². The summed E-state index contributed by atoms with van der Waals surface area (Å²) in [4.78, 5) is 25.8. The molecule has 1 aliphatic heterocycles. The van der Waals surface area contributed by atoms with Crippen molar-refractivity contribution in [3.05, 3.63) is 35.4 Å². The molecule has 0 saturated carbocycles. The van der Waals surface area contributed by atoms with Crippen LogP contribution in [-0.2, 0) is 9.53 Å². The van der Waals surface area contributed by atoms with Gasteiger partial charge in [-0.15, -0.1) is 0 Å². The first-order chi connectivity index (χ1) is 11.1. The first-order valence-electron chi connectivity index (χ1n) is 8.38. The number of likely N-dealkylation sites (tertiary alicyclic amines) is 1. The lowest BCUT2D eigenvalue weighted by molar-refractivity contribution is -0.141. The van der Waals surface area contributed by atoms with Crippen molar-refractivity contribution in [3.8, 4) is 0 Å². The van der Waals surface area contributed by atoms with Crippen molar-refractivity contribution in [2.75, 3.05) is 19.7 Å². The summed E-state index contributed by atoms with van der Waals surface area (Å²) in [6.45, 7) is 4.77. The van der Waals surface area contributed by atoms with Crippen LogP contribution in [-0.4, -0.2) is 36.6 Å². The minimum absolute atomic E-state index is 0.0691. The molecule has 5 heteroatoms. The normalized spacial score (nSPS) is 18.2. The summed E-state index contributed by atoms with van der Waals surface area (Å²) in [5, 5.41) is 2.69. The van der Waals surface area contributed by atoms with Crippen LogP contribution in [0.2, 0.25) is 0 Å². The summed E-state index contributed by atoms with van der Waals surface area (Å²) in [5.41, 5.74) is 2.36. The van der Waals surface area contributed by atoms with Gasteiger partial charge in [0.15, 0.2) is 0 Å². The molecule has 1 aliphatic rings. The van der Waals surface area contributed by atoms with Crippen molar-refractivity contribution >= 4 is 12.0 Å².